The fourth-order valence-corrected chi connectivity index (χ4v) is 3.79. The van der Waals surface area contributed by atoms with Gasteiger partial charge in [0.2, 0.25) is 0 Å². The molecule has 3 N–H and O–H groups in total. The van der Waals surface area contributed by atoms with E-state index < -0.39 is 11.8 Å². The molecule has 132 valence electrons. The Morgan fingerprint density at radius 1 is 1.00 bits per heavy atom. The van der Waals surface area contributed by atoms with E-state index in [2.05, 4.69) is 10.6 Å². The van der Waals surface area contributed by atoms with Crippen LogP contribution < -0.4 is 10.6 Å². The summed E-state index contributed by atoms with van der Waals surface area (Å²) in [6, 6.07) is 17.3. The van der Waals surface area contributed by atoms with E-state index in [1.165, 1.54) is 0 Å². The predicted molar refractivity (Wildman–Crippen MR) is 99.4 cm³/mol. The molecule has 2 aromatic rings. The van der Waals surface area contributed by atoms with Gasteiger partial charge in [-0.25, -0.2) is 0 Å². The maximum Gasteiger partial charge on any atom is 0.264 e. The molecule has 2 aliphatic rings. The van der Waals surface area contributed by atoms with Crippen molar-refractivity contribution in [1.29, 1.82) is 0 Å². The normalized spacial score (nSPS) is 21.9. The molecule has 1 saturated carbocycles. The van der Waals surface area contributed by atoms with Crippen LogP contribution in [0.5, 0.6) is 0 Å². The van der Waals surface area contributed by atoms with Crippen LogP contribution in [-0.2, 0) is 9.59 Å². The minimum absolute atomic E-state index is 0.0517. The van der Waals surface area contributed by atoms with Gasteiger partial charge in [0.15, 0.2) is 0 Å². The Hall–Kier alpha value is -3.08. The van der Waals surface area contributed by atoms with Crippen LogP contribution in [-0.4, -0.2) is 23.0 Å². The Morgan fingerprint density at radius 2 is 1.69 bits per heavy atom. The molecule has 5 heteroatoms. The molecule has 1 aliphatic heterocycles. The Labute approximate surface area is 151 Å². The monoisotopic (exact) mass is 348 g/mol. The number of aliphatic hydroxyl groups excluding tert-OH is 1. The lowest BCUT2D eigenvalue weighted by Crippen LogP contribution is -2.46. The van der Waals surface area contributed by atoms with Crippen LogP contribution >= 0.6 is 0 Å². The number of anilines is 1. The highest BCUT2D eigenvalue weighted by Crippen LogP contribution is 2.35. The van der Waals surface area contributed by atoms with Gasteiger partial charge in [-0.15, -0.1) is 0 Å². The molecule has 4 rings (SSSR count). The summed E-state index contributed by atoms with van der Waals surface area (Å²) in [6.07, 6.45) is 2.57. The number of hydrogen-bond donors (Lipinski definition) is 3. The van der Waals surface area contributed by atoms with E-state index in [1.54, 1.807) is 12.1 Å². The lowest BCUT2D eigenvalue weighted by atomic mass is 9.92. The average Bonchev–Trinajstić information content (AvgIpc) is 3.12. The second-order valence-electron chi connectivity index (χ2n) is 6.78. The van der Waals surface area contributed by atoms with Gasteiger partial charge in [-0.3, -0.25) is 9.59 Å². The van der Waals surface area contributed by atoms with Crippen LogP contribution in [0.4, 0.5) is 5.69 Å². The number of aliphatic hydroxyl groups is 1. The summed E-state index contributed by atoms with van der Waals surface area (Å²) < 4.78 is 0. The summed E-state index contributed by atoms with van der Waals surface area (Å²) in [4.78, 5) is 24.8. The van der Waals surface area contributed by atoms with Crippen LogP contribution in [0.25, 0.3) is 11.1 Å². The van der Waals surface area contributed by atoms with Crippen molar-refractivity contribution in [3.8, 4) is 11.1 Å². The van der Waals surface area contributed by atoms with Gasteiger partial charge < -0.3 is 15.7 Å². The zero-order chi connectivity index (χ0) is 18.1. The number of carbonyl (C=O) groups is 2. The Balaban J connectivity index is 1.53. The lowest BCUT2D eigenvalue weighted by Gasteiger charge is -2.27. The molecule has 0 spiro atoms. The molecular formula is C21H20N2O3. The Morgan fingerprint density at radius 3 is 2.42 bits per heavy atom. The molecule has 2 amide bonds. The first kappa shape index (κ1) is 16.4. The zero-order valence-corrected chi connectivity index (χ0v) is 14.2. The summed E-state index contributed by atoms with van der Waals surface area (Å²) in [6.45, 7) is 0. The quantitative estimate of drug-likeness (QED) is 0.744. The van der Waals surface area contributed by atoms with Gasteiger partial charge in [0, 0.05) is 17.6 Å². The highest BCUT2D eigenvalue weighted by molar-refractivity contribution is 6.23. The van der Waals surface area contributed by atoms with Gasteiger partial charge in [0.1, 0.15) is 11.3 Å². The smallest absolute Gasteiger partial charge is 0.264 e. The number of fused-ring (bicyclic) bond motifs is 1. The average molecular weight is 348 g/mol. The predicted octanol–water partition coefficient (Wildman–Crippen LogP) is 3.40. The van der Waals surface area contributed by atoms with E-state index in [9.17, 15) is 14.7 Å². The first-order valence-corrected chi connectivity index (χ1v) is 8.84. The maximum atomic E-state index is 12.5. The lowest BCUT2D eigenvalue weighted by molar-refractivity contribution is -0.123. The number of amides is 2. The third kappa shape index (κ3) is 2.96. The second-order valence-corrected chi connectivity index (χ2v) is 6.78. The molecule has 5 nitrogen and oxygen atoms in total. The van der Waals surface area contributed by atoms with Crippen molar-refractivity contribution in [3.05, 3.63) is 65.9 Å². The summed E-state index contributed by atoms with van der Waals surface area (Å²) in [5, 5.41) is 16.0. The molecule has 0 radical (unpaired) electrons. The van der Waals surface area contributed by atoms with Crippen LogP contribution in [0.15, 0.2) is 65.9 Å². The third-order valence-electron chi connectivity index (χ3n) is 5.14. The van der Waals surface area contributed by atoms with Crippen LogP contribution in [0.2, 0.25) is 0 Å². The first-order chi connectivity index (χ1) is 12.6. The van der Waals surface area contributed by atoms with Crippen LogP contribution in [0.1, 0.15) is 19.3 Å². The summed E-state index contributed by atoms with van der Waals surface area (Å²) >= 11 is 0. The van der Waals surface area contributed by atoms with E-state index in [4.69, 9.17) is 0 Å². The highest BCUT2D eigenvalue weighted by atomic mass is 16.3. The summed E-state index contributed by atoms with van der Waals surface area (Å²) in [5.74, 6) is -1.29. The number of carbonyl (C=O) groups excluding carboxylic acids is 2. The molecular weight excluding hydrogens is 328 g/mol. The van der Waals surface area contributed by atoms with Crippen LogP contribution in [0, 0.1) is 5.92 Å². The van der Waals surface area contributed by atoms with Crippen molar-refractivity contribution in [3.63, 3.8) is 0 Å². The molecule has 1 aliphatic carbocycles. The van der Waals surface area contributed by atoms with Gasteiger partial charge >= 0.3 is 0 Å². The van der Waals surface area contributed by atoms with Crippen molar-refractivity contribution in [1.82, 2.24) is 5.32 Å². The molecule has 2 aromatic carbocycles. The molecule has 1 heterocycles. The standard InChI is InChI=1S/C21H20N2O3/c24-19-16-7-4-8-17(16)23-21(26)18(19)20(25)22-15-11-9-14(10-12-15)13-5-2-1-3-6-13/h1-3,5-6,9-12,16-17,24H,4,7-8H2,(H,22,25)(H,23,26). The fourth-order valence-electron chi connectivity index (χ4n) is 3.79. The van der Waals surface area contributed by atoms with E-state index in [0.29, 0.717) is 5.69 Å². The van der Waals surface area contributed by atoms with Gasteiger partial charge in [0.05, 0.1) is 0 Å². The van der Waals surface area contributed by atoms with Crippen molar-refractivity contribution < 1.29 is 14.7 Å². The number of hydrogen-bond acceptors (Lipinski definition) is 3. The zero-order valence-electron chi connectivity index (χ0n) is 14.2. The Kier molecular flexibility index (Phi) is 4.21. The van der Waals surface area contributed by atoms with Gasteiger partial charge in [-0.2, -0.15) is 0 Å². The third-order valence-corrected chi connectivity index (χ3v) is 5.14. The van der Waals surface area contributed by atoms with Gasteiger partial charge in [-0.05, 0) is 36.1 Å². The molecule has 0 bridgehead atoms. The highest BCUT2D eigenvalue weighted by Gasteiger charge is 2.41. The summed E-state index contributed by atoms with van der Waals surface area (Å²) in [7, 11) is 0. The first-order valence-electron chi connectivity index (χ1n) is 8.84. The minimum atomic E-state index is -0.571. The number of benzene rings is 2. The second kappa shape index (κ2) is 6.67. The van der Waals surface area contributed by atoms with Crippen molar-refractivity contribution in [2.24, 2.45) is 5.92 Å². The van der Waals surface area contributed by atoms with Crippen molar-refractivity contribution in [2.75, 3.05) is 5.32 Å². The maximum absolute atomic E-state index is 12.5. The van der Waals surface area contributed by atoms with E-state index >= 15 is 0 Å². The van der Waals surface area contributed by atoms with Gasteiger partial charge in [-0.1, -0.05) is 48.9 Å². The van der Waals surface area contributed by atoms with Crippen LogP contribution in [0.3, 0.4) is 0 Å². The number of nitrogens with one attached hydrogen (secondary N) is 2. The summed E-state index contributed by atoms with van der Waals surface area (Å²) in [5.41, 5.74) is 2.54. The Bertz CT molecular complexity index is 872. The van der Waals surface area contributed by atoms with E-state index in [0.717, 1.165) is 30.4 Å². The van der Waals surface area contributed by atoms with Crippen molar-refractivity contribution in [2.45, 2.75) is 25.3 Å². The molecule has 2 atom stereocenters. The van der Waals surface area contributed by atoms with Gasteiger partial charge in [0.25, 0.3) is 11.8 Å². The minimum Gasteiger partial charge on any atom is -0.511 e. The number of rotatable bonds is 3. The topological polar surface area (TPSA) is 78.4 Å². The van der Waals surface area contributed by atoms with Crippen molar-refractivity contribution >= 4 is 17.5 Å². The van der Waals surface area contributed by atoms with E-state index in [-0.39, 0.29) is 23.3 Å². The SMILES string of the molecule is O=C(Nc1ccc(-c2ccccc2)cc1)C1=C(O)C2CCCC2NC1=O. The molecule has 0 aromatic heterocycles. The molecule has 2 unspecified atom stereocenters. The fraction of sp³-hybridized carbons (Fsp3) is 0.238. The molecule has 0 saturated heterocycles. The molecule has 26 heavy (non-hydrogen) atoms. The van der Waals surface area contributed by atoms with E-state index in [1.807, 2.05) is 42.5 Å². The molecule has 1 fully saturated rings. The largest absolute Gasteiger partial charge is 0.511 e.